The molecule has 2 rings (SSSR count). The van der Waals surface area contributed by atoms with Crippen molar-refractivity contribution in [3.63, 3.8) is 0 Å². The van der Waals surface area contributed by atoms with E-state index in [1.54, 1.807) is 38.3 Å². The van der Waals surface area contributed by atoms with E-state index < -0.39 is 5.97 Å². The normalized spacial score (nSPS) is 10.1. The van der Waals surface area contributed by atoms with Gasteiger partial charge in [0.05, 0.1) is 36.4 Å². The zero-order chi connectivity index (χ0) is 17.5. The molecule has 6 heteroatoms. The fourth-order valence-corrected chi connectivity index (χ4v) is 2.31. The second kappa shape index (κ2) is 8.36. The van der Waals surface area contributed by atoms with Gasteiger partial charge in [-0.15, -0.1) is 0 Å². The quantitative estimate of drug-likeness (QED) is 0.809. The van der Waals surface area contributed by atoms with Crippen LogP contribution in [-0.4, -0.2) is 25.6 Å². The van der Waals surface area contributed by atoms with Gasteiger partial charge in [-0.25, -0.2) is 4.79 Å². The minimum atomic E-state index is -0.449. The molecule has 0 fully saturated rings. The SMILES string of the molecule is CCOC(=O)c1ccc(NC(=O)Cc2ccc(OC)cc2)c(Cl)c1. The van der Waals surface area contributed by atoms with E-state index in [2.05, 4.69) is 5.32 Å². The standard InChI is InChI=1S/C18H18ClNO4/c1-3-24-18(22)13-6-9-16(15(19)11-13)20-17(21)10-12-4-7-14(23-2)8-5-12/h4-9,11H,3,10H2,1-2H3,(H,20,21). The molecular weight excluding hydrogens is 330 g/mol. The van der Waals surface area contributed by atoms with Crippen LogP contribution in [0.15, 0.2) is 42.5 Å². The molecule has 0 aliphatic rings. The Hall–Kier alpha value is -2.53. The first-order valence-electron chi connectivity index (χ1n) is 7.43. The lowest BCUT2D eigenvalue weighted by Crippen LogP contribution is -2.15. The smallest absolute Gasteiger partial charge is 0.338 e. The number of benzene rings is 2. The molecule has 1 amide bonds. The number of halogens is 1. The molecule has 0 bridgehead atoms. The lowest BCUT2D eigenvalue weighted by molar-refractivity contribution is -0.115. The van der Waals surface area contributed by atoms with Gasteiger partial charge >= 0.3 is 5.97 Å². The van der Waals surface area contributed by atoms with Gasteiger partial charge in [-0.3, -0.25) is 4.79 Å². The summed E-state index contributed by atoms with van der Waals surface area (Å²) in [6.45, 7) is 2.02. The Kier molecular flexibility index (Phi) is 6.21. The van der Waals surface area contributed by atoms with Gasteiger partial charge in [0.2, 0.25) is 5.91 Å². The maximum Gasteiger partial charge on any atom is 0.338 e. The highest BCUT2D eigenvalue weighted by Gasteiger charge is 2.11. The highest BCUT2D eigenvalue weighted by molar-refractivity contribution is 6.34. The van der Waals surface area contributed by atoms with Crippen LogP contribution in [0.4, 0.5) is 5.69 Å². The Morgan fingerprint density at radius 3 is 2.42 bits per heavy atom. The van der Waals surface area contributed by atoms with E-state index in [0.717, 1.165) is 11.3 Å². The third-order valence-corrected chi connectivity index (χ3v) is 3.59. The van der Waals surface area contributed by atoms with E-state index in [-0.39, 0.29) is 24.0 Å². The van der Waals surface area contributed by atoms with Crippen molar-refractivity contribution in [2.75, 3.05) is 19.0 Å². The Labute approximate surface area is 145 Å². The van der Waals surface area contributed by atoms with Gasteiger partial charge in [-0.05, 0) is 42.8 Å². The molecule has 0 spiro atoms. The van der Waals surface area contributed by atoms with Gasteiger partial charge in [-0.1, -0.05) is 23.7 Å². The summed E-state index contributed by atoms with van der Waals surface area (Å²) in [7, 11) is 1.59. The second-order valence-electron chi connectivity index (χ2n) is 4.99. The monoisotopic (exact) mass is 347 g/mol. The first-order chi connectivity index (χ1) is 11.5. The van der Waals surface area contributed by atoms with Gasteiger partial charge in [-0.2, -0.15) is 0 Å². The number of carbonyl (C=O) groups is 2. The molecule has 24 heavy (non-hydrogen) atoms. The van der Waals surface area contributed by atoms with E-state index in [1.807, 2.05) is 12.1 Å². The predicted octanol–water partition coefficient (Wildman–Crippen LogP) is 3.71. The van der Waals surface area contributed by atoms with Gasteiger partial charge in [0.15, 0.2) is 0 Å². The van der Waals surface area contributed by atoms with E-state index in [4.69, 9.17) is 21.1 Å². The molecular formula is C18H18ClNO4. The molecule has 0 saturated carbocycles. The summed E-state index contributed by atoms with van der Waals surface area (Å²) >= 11 is 6.12. The molecule has 0 saturated heterocycles. The number of esters is 1. The minimum absolute atomic E-state index is 0.203. The van der Waals surface area contributed by atoms with Crippen LogP contribution in [0.5, 0.6) is 5.75 Å². The Bertz CT molecular complexity index is 728. The van der Waals surface area contributed by atoms with E-state index in [0.29, 0.717) is 11.3 Å². The first-order valence-corrected chi connectivity index (χ1v) is 7.80. The summed E-state index contributed by atoms with van der Waals surface area (Å²) in [6.07, 6.45) is 0.208. The molecule has 0 atom stereocenters. The fourth-order valence-electron chi connectivity index (χ4n) is 2.08. The van der Waals surface area contributed by atoms with Gasteiger partial charge < -0.3 is 14.8 Å². The molecule has 2 aromatic carbocycles. The van der Waals surface area contributed by atoms with E-state index in [9.17, 15) is 9.59 Å². The average molecular weight is 348 g/mol. The summed E-state index contributed by atoms with van der Waals surface area (Å²) in [5.41, 5.74) is 1.64. The number of ether oxygens (including phenoxy) is 2. The number of carbonyl (C=O) groups excluding carboxylic acids is 2. The fraction of sp³-hybridized carbons (Fsp3) is 0.222. The topological polar surface area (TPSA) is 64.6 Å². The van der Waals surface area contributed by atoms with Crippen LogP contribution in [0.1, 0.15) is 22.8 Å². The van der Waals surface area contributed by atoms with Crippen LogP contribution in [-0.2, 0) is 16.0 Å². The molecule has 0 radical (unpaired) electrons. The van der Waals surface area contributed by atoms with Crippen molar-refractivity contribution in [3.8, 4) is 5.75 Å². The van der Waals surface area contributed by atoms with Gasteiger partial charge in [0.25, 0.3) is 0 Å². The zero-order valence-corrected chi connectivity index (χ0v) is 14.2. The van der Waals surface area contributed by atoms with Gasteiger partial charge in [0.1, 0.15) is 5.75 Å². The predicted molar refractivity (Wildman–Crippen MR) is 92.7 cm³/mol. The number of methoxy groups -OCH3 is 1. The summed E-state index contributed by atoms with van der Waals surface area (Å²) in [5, 5.41) is 3.01. The number of anilines is 1. The van der Waals surface area contributed by atoms with Crippen LogP contribution in [0.2, 0.25) is 5.02 Å². The van der Waals surface area contributed by atoms with Crippen LogP contribution >= 0.6 is 11.6 Å². The third kappa shape index (κ3) is 4.73. The highest BCUT2D eigenvalue weighted by Crippen LogP contribution is 2.24. The number of hydrogen-bond acceptors (Lipinski definition) is 4. The van der Waals surface area contributed by atoms with Crippen molar-refractivity contribution < 1.29 is 19.1 Å². The number of rotatable bonds is 6. The molecule has 0 aliphatic carbocycles. The van der Waals surface area contributed by atoms with Crippen LogP contribution < -0.4 is 10.1 Å². The molecule has 126 valence electrons. The molecule has 0 heterocycles. The molecule has 0 unspecified atom stereocenters. The summed E-state index contributed by atoms with van der Waals surface area (Å²) in [4.78, 5) is 23.8. The Morgan fingerprint density at radius 2 is 1.83 bits per heavy atom. The number of amides is 1. The second-order valence-corrected chi connectivity index (χ2v) is 5.40. The summed E-state index contributed by atoms with van der Waals surface area (Å²) in [5.74, 6) is 0.0817. The summed E-state index contributed by atoms with van der Waals surface area (Å²) < 4.78 is 9.98. The highest BCUT2D eigenvalue weighted by atomic mass is 35.5. The van der Waals surface area contributed by atoms with E-state index >= 15 is 0 Å². The number of hydrogen-bond donors (Lipinski definition) is 1. The average Bonchev–Trinajstić information content (AvgIpc) is 2.57. The molecule has 1 N–H and O–H groups in total. The van der Waals surface area contributed by atoms with Crippen molar-refractivity contribution in [2.45, 2.75) is 13.3 Å². The maximum absolute atomic E-state index is 12.1. The van der Waals surface area contributed by atoms with Crippen molar-refractivity contribution in [3.05, 3.63) is 58.6 Å². The lowest BCUT2D eigenvalue weighted by atomic mass is 10.1. The minimum Gasteiger partial charge on any atom is -0.497 e. The van der Waals surface area contributed by atoms with Crippen molar-refractivity contribution in [1.82, 2.24) is 0 Å². The Balaban J connectivity index is 2.01. The van der Waals surface area contributed by atoms with Crippen LogP contribution in [0, 0.1) is 0 Å². The molecule has 5 nitrogen and oxygen atoms in total. The van der Waals surface area contributed by atoms with Crippen molar-refractivity contribution in [2.24, 2.45) is 0 Å². The maximum atomic E-state index is 12.1. The largest absolute Gasteiger partial charge is 0.497 e. The lowest BCUT2D eigenvalue weighted by Gasteiger charge is -2.09. The third-order valence-electron chi connectivity index (χ3n) is 3.28. The molecule has 0 aromatic heterocycles. The molecule has 0 aliphatic heterocycles. The zero-order valence-electron chi connectivity index (χ0n) is 13.5. The van der Waals surface area contributed by atoms with Crippen molar-refractivity contribution >= 4 is 29.2 Å². The van der Waals surface area contributed by atoms with Crippen molar-refractivity contribution in [1.29, 1.82) is 0 Å². The van der Waals surface area contributed by atoms with E-state index in [1.165, 1.54) is 6.07 Å². The summed E-state index contributed by atoms with van der Waals surface area (Å²) in [6, 6.07) is 11.9. The number of nitrogens with one attached hydrogen (secondary N) is 1. The van der Waals surface area contributed by atoms with Crippen LogP contribution in [0.25, 0.3) is 0 Å². The first kappa shape index (κ1) is 17.8. The van der Waals surface area contributed by atoms with Gasteiger partial charge in [0, 0.05) is 0 Å². The Morgan fingerprint density at radius 1 is 1.12 bits per heavy atom. The van der Waals surface area contributed by atoms with Crippen LogP contribution in [0.3, 0.4) is 0 Å². The molecule has 2 aromatic rings.